The van der Waals surface area contributed by atoms with Crippen LogP contribution in [0.4, 0.5) is 5.69 Å². The van der Waals surface area contributed by atoms with E-state index in [2.05, 4.69) is 27.0 Å². The molecule has 4 rings (SSSR count). The van der Waals surface area contributed by atoms with Crippen LogP contribution in [0.5, 0.6) is 0 Å². The van der Waals surface area contributed by atoms with Gasteiger partial charge in [-0.25, -0.2) is 0 Å². The molecular formula is C22H26N4O3S. The number of hydrogen-bond acceptors (Lipinski definition) is 5. The zero-order valence-corrected chi connectivity index (χ0v) is 17.7. The van der Waals surface area contributed by atoms with Crippen LogP contribution in [0.2, 0.25) is 0 Å². The Hall–Kier alpha value is -2.71. The highest BCUT2D eigenvalue weighted by Gasteiger charge is 2.23. The molecule has 3 amide bonds. The Labute approximate surface area is 180 Å². The zero-order valence-electron chi connectivity index (χ0n) is 16.9. The zero-order chi connectivity index (χ0) is 20.9. The van der Waals surface area contributed by atoms with Gasteiger partial charge >= 0.3 is 0 Å². The quantitative estimate of drug-likeness (QED) is 0.766. The highest BCUT2D eigenvalue weighted by atomic mass is 32.1. The van der Waals surface area contributed by atoms with E-state index >= 15 is 0 Å². The van der Waals surface area contributed by atoms with E-state index in [4.69, 9.17) is 0 Å². The Morgan fingerprint density at radius 1 is 1.00 bits per heavy atom. The summed E-state index contributed by atoms with van der Waals surface area (Å²) in [6.45, 7) is 4.67. The van der Waals surface area contributed by atoms with Crippen LogP contribution < -0.4 is 10.2 Å². The minimum atomic E-state index is -0.279. The Kier molecular flexibility index (Phi) is 6.44. The van der Waals surface area contributed by atoms with Crippen LogP contribution in [0.3, 0.4) is 0 Å². The lowest BCUT2D eigenvalue weighted by Gasteiger charge is -2.34. The van der Waals surface area contributed by atoms with Gasteiger partial charge in [0.1, 0.15) is 0 Å². The summed E-state index contributed by atoms with van der Waals surface area (Å²) in [6, 6.07) is 9.10. The van der Waals surface area contributed by atoms with Crippen molar-refractivity contribution < 1.29 is 14.4 Å². The second-order valence-electron chi connectivity index (χ2n) is 7.67. The smallest absolute Gasteiger partial charge is 0.251 e. The number of anilines is 1. The largest absolute Gasteiger partial charge is 0.343 e. The average Bonchev–Trinajstić information content (AvgIpc) is 3.44. The third-order valence-electron chi connectivity index (χ3n) is 5.63. The van der Waals surface area contributed by atoms with Crippen LogP contribution in [0.25, 0.3) is 0 Å². The third-order valence-corrected chi connectivity index (χ3v) is 6.36. The van der Waals surface area contributed by atoms with Crippen molar-refractivity contribution in [3.8, 4) is 0 Å². The molecule has 158 valence electrons. The summed E-state index contributed by atoms with van der Waals surface area (Å²) in [5.41, 5.74) is 2.61. The van der Waals surface area contributed by atoms with Crippen LogP contribution in [0, 0.1) is 0 Å². The summed E-state index contributed by atoms with van der Waals surface area (Å²) in [7, 11) is 0. The Morgan fingerprint density at radius 3 is 2.40 bits per heavy atom. The van der Waals surface area contributed by atoms with E-state index in [0.717, 1.165) is 38.3 Å². The van der Waals surface area contributed by atoms with Crippen molar-refractivity contribution in [2.45, 2.75) is 19.4 Å². The average molecular weight is 427 g/mol. The number of nitrogens with one attached hydrogen (secondary N) is 1. The van der Waals surface area contributed by atoms with Crippen molar-refractivity contribution in [2.24, 2.45) is 0 Å². The van der Waals surface area contributed by atoms with Gasteiger partial charge in [-0.15, -0.1) is 0 Å². The van der Waals surface area contributed by atoms with Crippen LogP contribution in [-0.2, 0) is 16.1 Å². The molecule has 1 N–H and O–H groups in total. The van der Waals surface area contributed by atoms with E-state index in [0.29, 0.717) is 25.1 Å². The molecule has 0 atom stereocenters. The molecule has 2 aliphatic heterocycles. The van der Waals surface area contributed by atoms with E-state index < -0.39 is 0 Å². The highest BCUT2D eigenvalue weighted by Crippen LogP contribution is 2.21. The fourth-order valence-electron chi connectivity index (χ4n) is 3.88. The third kappa shape index (κ3) is 4.88. The minimum absolute atomic E-state index is 0.00424. The molecule has 2 aliphatic rings. The van der Waals surface area contributed by atoms with Gasteiger partial charge in [0.25, 0.3) is 5.91 Å². The molecule has 8 heteroatoms. The van der Waals surface area contributed by atoms with E-state index in [1.807, 2.05) is 4.90 Å². The Balaban J connectivity index is 1.22. The Bertz CT molecular complexity index is 890. The van der Waals surface area contributed by atoms with E-state index in [1.54, 1.807) is 40.5 Å². The maximum absolute atomic E-state index is 12.5. The molecule has 0 bridgehead atoms. The number of hydrogen-bond donors (Lipinski definition) is 1. The predicted molar refractivity (Wildman–Crippen MR) is 117 cm³/mol. The fraction of sp³-hybridized carbons (Fsp3) is 0.409. The van der Waals surface area contributed by atoms with Crippen molar-refractivity contribution in [3.63, 3.8) is 0 Å². The van der Waals surface area contributed by atoms with Crippen LogP contribution in [0.1, 0.15) is 28.8 Å². The maximum Gasteiger partial charge on any atom is 0.251 e. The second-order valence-corrected chi connectivity index (χ2v) is 8.45. The fourth-order valence-corrected chi connectivity index (χ4v) is 4.54. The SMILES string of the molecule is O=C(NCC(=O)N1CCN(Cc2ccsc2)CC1)c1ccc(N2CCCC2=O)cc1. The molecule has 3 heterocycles. The molecule has 1 aromatic heterocycles. The van der Waals surface area contributed by atoms with E-state index in [1.165, 1.54) is 5.56 Å². The van der Waals surface area contributed by atoms with Crippen LogP contribution in [-0.4, -0.2) is 66.8 Å². The summed E-state index contributed by atoms with van der Waals surface area (Å²) in [5, 5.41) is 6.95. The molecule has 0 spiro atoms. The molecule has 2 saturated heterocycles. The van der Waals surface area contributed by atoms with Gasteiger partial charge in [-0.2, -0.15) is 11.3 Å². The maximum atomic E-state index is 12.5. The normalized spacial score (nSPS) is 17.4. The number of piperazine rings is 1. The van der Waals surface area contributed by atoms with Crippen LogP contribution >= 0.6 is 11.3 Å². The number of carbonyl (C=O) groups excluding carboxylic acids is 3. The molecule has 30 heavy (non-hydrogen) atoms. The van der Waals surface area contributed by atoms with Gasteiger partial charge in [0.15, 0.2) is 0 Å². The second kappa shape index (κ2) is 9.40. The first-order valence-corrected chi connectivity index (χ1v) is 11.2. The van der Waals surface area contributed by atoms with Gasteiger partial charge in [0, 0.05) is 56.9 Å². The first-order chi connectivity index (χ1) is 14.6. The predicted octanol–water partition coefficient (Wildman–Crippen LogP) is 1.95. The molecule has 1 aromatic carbocycles. The van der Waals surface area contributed by atoms with Crippen molar-refractivity contribution in [3.05, 3.63) is 52.2 Å². The van der Waals surface area contributed by atoms with Gasteiger partial charge in [-0.3, -0.25) is 19.3 Å². The van der Waals surface area contributed by atoms with Crippen molar-refractivity contribution >= 4 is 34.7 Å². The number of rotatable bonds is 6. The molecule has 0 saturated carbocycles. The first kappa shape index (κ1) is 20.6. The summed E-state index contributed by atoms with van der Waals surface area (Å²) in [5.74, 6) is -0.218. The lowest BCUT2D eigenvalue weighted by Crippen LogP contribution is -2.50. The number of amides is 3. The summed E-state index contributed by atoms with van der Waals surface area (Å²) in [4.78, 5) is 42.6. The van der Waals surface area contributed by atoms with Crippen LogP contribution in [0.15, 0.2) is 41.1 Å². The molecule has 7 nitrogen and oxygen atoms in total. The Morgan fingerprint density at radius 2 is 1.77 bits per heavy atom. The van der Waals surface area contributed by atoms with Gasteiger partial charge < -0.3 is 15.1 Å². The monoisotopic (exact) mass is 426 g/mol. The minimum Gasteiger partial charge on any atom is -0.343 e. The highest BCUT2D eigenvalue weighted by molar-refractivity contribution is 7.07. The van der Waals surface area contributed by atoms with E-state index in [9.17, 15) is 14.4 Å². The molecule has 2 fully saturated rings. The van der Waals surface area contributed by atoms with Gasteiger partial charge in [0.05, 0.1) is 6.54 Å². The summed E-state index contributed by atoms with van der Waals surface area (Å²) >= 11 is 1.70. The number of carbonyl (C=O) groups is 3. The lowest BCUT2D eigenvalue weighted by atomic mass is 10.2. The topological polar surface area (TPSA) is 73.0 Å². The van der Waals surface area contributed by atoms with Gasteiger partial charge in [0.2, 0.25) is 11.8 Å². The first-order valence-electron chi connectivity index (χ1n) is 10.3. The molecule has 0 radical (unpaired) electrons. The summed E-state index contributed by atoms with van der Waals surface area (Å²) in [6.07, 6.45) is 1.44. The lowest BCUT2D eigenvalue weighted by molar-refractivity contribution is -0.131. The van der Waals surface area contributed by atoms with Crippen molar-refractivity contribution in [2.75, 3.05) is 44.2 Å². The van der Waals surface area contributed by atoms with Gasteiger partial charge in [-0.05, 0) is 53.1 Å². The summed E-state index contributed by atoms with van der Waals surface area (Å²) < 4.78 is 0. The number of nitrogens with zero attached hydrogens (tertiary/aromatic N) is 3. The molecule has 0 unspecified atom stereocenters. The number of benzene rings is 1. The van der Waals surface area contributed by atoms with E-state index in [-0.39, 0.29) is 24.3 Å². The molecule has 2 aromatic rings. The number of thiophene rings is 1. The standard InChI is InChI=1S/C22H26N4O3S/c27-20-2-1-8-26(20)19-5-3-18(4-6-19)22(29)23-14-21(28)25-11-9-24(10-12-25)15-17-7-13-30-16-17/h3-7,13,16H,1-2,8-12,14-15H2,(H,23,29). The van der Waals surface area contributed by atoms with Gasteiger partial charge in [-0.1, -0.05) is 0 Å². The van der Waals surface area contributed by atoms with Crippen molar-refractivity contribution in [1.82, 2.24) is 15.1 Å². The molecule has 0 aliphatic carbocycles. The van der Waals surface area contributed by atoms with Crippen molar-refractivity contribution in [1.29, 1.82) is 0 Å². The molecular weight excluding hydrogens is 400 g/mol.